The van der Waals surface area contributed by atoms with E-state index in [2.05, 4.69) is 42.4 Å². The Hall–Kier alpha value is -4.21. The van der Waals surface area contributed by atoms with Gasteiger partial charge in [0, 0.05) is 55.6 Å². The molecule has 194 valence electrons. The van der Waals surface area contributed by atoms with Crippen molar-refractivity contribution in [1.29, 1.82) is 0 Å². The third-order valence-electron chi connectivity index (χ3n) is 6.25. The van der Waals surface area contributed by atoms with Gasteiger partial charge >= 0.3 is 0 Å². The first-order valence-corrected chi connectivity index (χ1v) is 12.7. The minimum atomic E-state index is -0.318. The number of rotatable bonds is 8. The molecule has 0 spiro atoms. The van der Waals surface area contributed by atoms with E-state index in [1.807, 2.05) is 42.5 Å². The Balaban J connectivity index is 1.23. The lowest BCUT2D eigenvalue weighted by Crippen LogP contribution is -2.44. The minimum absolute atomic E-state index is 0.305. The summed E-state index contributed by atoms with van der Waals surface area (Å²) in [6, 6.07) is 18.8. The molecule has 2 aromatic carbocycles. The SMILES string of the molecule is CN1CCN(c2ccc(NC(=O)c3cncnc3Nc3ccc(OCc4ccccn4)c(Cl)c3)cc2)CC1. The standard InChI is InChI=1S/C28H28ClN7O2/c1-35-12-14-36(15-13-35)23-8-5-20(6-9-23)34-28(37)24-17-30-19-32-27(24)33-21-7-10-26(25(29)16-21)38-18-22-4-2-3-11-31-22/h2-11,16-17,19H,12-15,18H2,1H3,(H,34,37)(H,30,32,33). The van der Waals surface area contributed by atoms with Crippen molar-refractivity contribution in [2.24, 2.45) is 0 Å². The van der Waals surface area contributed by atoms with E-state index in [9.17, 15) is 4.79 Å². The molecule has 1 aliphatic rings. The van der Waals surface area contributed by atoms with Crippen molar-refractivity contribution in [2.45, 2.75) is 6.61 Å². The normalized spacial score (nSPS) is 13.7. The quantitative estimate of drug-likeness (QED) is 0.334. The molecule has 1 amide bonds. The second-order valence-corrected chi connectivity index (χ2v) is 9.36. The zero-order chi connectivity index (χ0) is 26.3. The third-order valence-corrected chi connectivity index (χ3v) is 6.54. The summed E-state index contributed by atoms with van der Waals surface area (Å²) < 4.78 is 5.79. The molecule has 1 fully saturated rings. The van der Waals surface area contributed by atoms with E-state index in [0.29, 0.717) is 40.1 Å². The Labute approximate surface area is 226 Å². The number of amides is 1. The van der Waals surface area contributed by atoms with Crippen LogP contribution in [0.3, 0.4) is 0 Å². The van der Waals surface area contributed by atoms with Gasteiger partial charge in [0.2, 0.25) is 0 Å². The van der Waals surface area contributed by atoms with Gasteiger partial charge in [0.05, 0.1) is 10.7 Å². The number of pyridine rings is 1. The zero-order valence-electron chi connectivity index (χ0n) is 21.0. The maximum atomic E-state index is 13.1. The van der Waals surface area contributed by atoms with Crippen molar-refractivity contribution in [1.82, 2.24) is 19.9 Å². The summed E-state index contributed by atoms with van der Waals surface area (Å²) in [5.41, 5.74) is 3.61. The Morgan fingerprint density at radius 2 is 1.79 bits per heavy atom. The number of aromatic nitrogens is 3. The fourth-order valence-electron chi connectivity index (χ4n) is 4.08. The number of likely N-dealkylation sites (N-methyl/N-ethyl adjacent to an activating group) is 1. The van der Waals surface area contributed by atoms with Crippen LogP contribution >= 0.6 is 11.6 Å². The van der Waals surface area contributed by atoms with Crippen molar-refractivity contribution in [3.8, 4) is 5.75 Å². The van der Waals surface area contributed by atoms with Crippen LogP contribution in [0.4, 0.5) is 22.9 Å². The molecule has 9 nitrogen and oxygen atoms in total. The molecule has 2 aromatic heterocycles. The highest BCUT2D eigenvalue weighted by Gasteiger charge is 2.16. The van der Waals surface area contributed by atoms with Crippen molar-refractivity contribution in [3.05, 3.63) is 95.7 Å². The van der Waals surface area contributed by atoms with E-state index in [0.717, 1.165) is 37.6 Å². The Morgan fingerprint density at radius 1 is 1.00 bits per heavy atom. The number of carbonyl (C=O) groups is 1. The van der Waals surface area contributed by atoms with Crippen LogP contribution in [0.1, 0.15) is 16.1 Å². The van der Waals surface area contributed by atoms with Crippen molar-refractivity contribution >= 4 is 40.4 Å². The summed E-state index contributed by atoms with van der Waals surface area (Å²) in [4.78, 5) is 30.3. The molecule has 1 aliphatic heterocycles. The number of piperazine rings is 1. The van der Waals surface area contributed by atoms with Gasteiger partial charge in [-0.25, -0.2) is 9.97 Å². The average Bonchev–Trinajstić information content (AvgIpc) is 2.94. The fraction of sp³-hybridized carbons (Fsp3) is 0.214. The number of anilines is 4. The number of nitrogens with zero attached hydrogens (tertiary/aromatic N) is 5. The lowest BCUT2D eigenvalue weighted by molar-refractivity contribution is 0.102. The molecular formula is C28H28ClN7O2. The lowest BCUT2D eigenvalue weighted by atomic mass is 10.2. The largest absolute Gasteiger partial charge is 0.486 e. The highest BCUT2D eigenvalue weighted by atomic mass is 35.5. The summed E-state index contributed by atoms with van der Waals surface area (Å²) >= 11 is 6.44. The molecule has 2 N–H and O–H groups in total. The van der Waals surface area contributed by atoms with Gasteiger partial charge in [-0.3, -0.25) is 9.78 Å². The highest BCUT2D eigenvalue weighted by molar-refractivity contribution is 6.32. The molecule has 0 radical (unpaired) electrons. The van der Waals surface area contributed by atoms with Crippen LogP contribution < -0.4 is 20.3 Å². The van der Waals surface area contributed by atoms with Crippen molar-refractivity contribution < 1.29 is 9.53 Å². The first-order valence-electron chi connectivity index (χ1n) is 12.3. The highest BCUT2D eigenvalue weighted by Crippen LogP contribution is 2.30. The fourth-order valence-corrected chi connectivity index (χ4v) is 4.32. The predicted molar refractivity (Wildman–Crippen MR) is 149 cm³/mol. The summed E-state index contributed by atoms with van der Waals surface area (Å²) in [6.07, 6.45) is 4.58. The second-order valence-electron chi connectivity index (χ2n) is 8.96. The number of hydrogen-bond acceptors (Lipinski definition) is 8. The Bertz CT molecular complexity index is 1380. The van der Waals surface area contributed by atoms with E-state index in [1.165, 1.54) is 12.5 Å². The Morgan fingerprint density at radius 3 is 2.53 bits per heavy atom. The van der Waals surface area contributed by atoms with Gasteiger partial charge in [0.25, 0.3) is 5.91 Å². The van der Waals surface area contributed by atoms with Crippen LogP contribution in [0.5, 0.6) is 5.75 Å². The number of carbonyl (C=O) groups excluding carboxylic acids is 1. The molecule has 10 heteroatoms. The molecule has 0 saturated carbocycles. The molecule has 5 rings (SSSR count). The van der Waals surface area contributed by atoms with Gasteiger partial charge in [0.15, 0.2) is 0 Å². The van der Waals surface area contributed by atoms with Crippen molar-refractivity contribution in [2.75, 3.05) is 48.8 Å². The van der Waals surface area contributed by atoms with Gasteiger partial charge in [-0.15, -0.1) is 0 Å². The van der Waals surface area contributed by atoms with Crippen LogP contribution in [-0.2, 0) is 6.61 Å². The molecule has 4 aromatic rings. The Kier molecular flexibility index (Phi) is 7.96. The van der Waals surface area contributed by atoms with Crippen molar-refractivity contribution in [3.63, 3.8) is 0 Å². The summed E-state index contributed by atoms with van der Waals surface area (Å²) in [5, 5.41) is 6.52. The van der Waals surface area contributed by atoms with Gasteiger partial charge in [-0.1, -0.05) is 17.7 Å². The smallest absolute Gasteiger partial charge is 0.261 e. The molecule has 3 heterocycles. The van der Waals surface area contributed by atoms with Gasteiger partial charge in [0.1, 0.15) is 30.1 Å². The molecule has 0 unspecified atom stereocenters. The van der Waals surface area contributed by atoms with E-state index in [1.54, 1.807) is 24.4 Å². The third kappa shape index (κ3) is 6.37. The monoisotopic (exact) mass is 529 g/mol. The van der Waals surface area contributed by atoms with Gasteiger partial charge in [-0.2, -0.15) is 0 Å². The number of halogens is 1. The number of benzene rings is 2. The maximum Gasteiger partial charge on any atom is 0.261 e. The molecule has 0 aliphatic carbocycles. The molecule has 1 saturated heterocycles. The summed E-state index contributed by atoms with van der Waals surface area (Å²) in [6.45, 7) is 4.35. The molecular weight excluding hydrogens is 502 g/mol. The number of hydrogen-bond donors (Lipinski definition) is 2. The topological polar surface area (TPSA) is 95.5 Å². The molecule has 38 heavy (non-hydrogen) atoms. The average molecular weight is 530 g/mol. The lowest BCUT2D eigenvalue weighted by Gasteiger charge is -2.34. The molecule has 0 atom stereocenters. The molecule has 0 bridgehead atoms. The maximum absolute atomic E-state index is 13.1. The van der Waals surface area contributed by atoms with E-state index in [4.69, 9.17) is 16.3 Å². The first-order chi connectivity index (χ1) is 18.5. The zero-order valence-corrected chi connectivity index (χ0v) is 21.7. The van der Waals surface area contributed by atoms with Crippen LogP contribution in [0.2, 0.25) is 5.02 Å². The summed E-state index contributed by atoms with van der Waals surface area (Å²) in [5.74, 6) is 0.579. The van der Waals surface area contributed by atoms with Crippen LogP contribution in [-0.4, -0.2) is 59.0 Å². The summed E-state index contributed by atoms with van der Waals surface area (Å²) in [7, 11) is 2.13. The van der Waals surface area contributed by atoms with Gasteiger partial charge < -0.3 is 25.2 Å². The second kappa shape index (κ2) is 11.9. The predicted octanol–water partition coefficient (Wildman–Crippen LogP) is 4.85. The van der Waals surface area contributed by atoms with Crippen LogP contribution in [0.15, 0.2) is 79.4 Å². The number of nitrogens with one attached hydrogen (secondary N) is 2. The van der Waals surface area contributed by atoms with Crippen LogP contribution in [0, 0.1) is 0 Å². The van der Waals surface area contributed by atoms with E-state index < -0.39 is 0 Å². The van der Waals surface area contributed by atoms with E-state index in [-0.39, 0.29) is 5.91 Å². The van der Waals surface area contributed by atoms with E-state index >= 15 is 0 Å². The number of ether oxygens (including phenoxy) is 1. The van der Waals surface area contributed by atoms with Crippen LogP contribution in [0.25, 0.3) is 0 Å². The van der Waals surface area contributed by atoms with Gasteiger partial charge in [-0.05, 0) is 61.6 Å². The first kappa shape index (κ1) is 25.4. The minimum Gasteiger partial charge on any atom is -0.486 e.